The molecule has 0 bridgehead atoms. The maximum absolute atomic E-state index is 8.94. The third kappa shape index (κ3) is 1.94. The Labute approximate surface area is 50.3 Å². The van der Waals surface area contributed by atoms with Crippen molar-refractivity contribution in [3.05, 3.63) is 25.3 Å². The zero-order valence-electron chi connectivity index (χ0n) is 5.17. The van der Waals surface area contributed by atoms with E-state index in [2.05, 4.69) is 13.2 Å². The van der Waals surface area contributed by atoms with Crippen LogP contribution in [-0.4, -0.2) is 11.2 Å². The van der Waals surface area contributed by atoms with Crippen molar-refractivity contribution in [1.82, 2.24) is 0 Å². The van der Waals surface area contributed by atoms with Gasteiger partial charge in [-0.25, -0.2) is 0 Å². The molecule has 1 nitrogen and oxygen atoms in total. The van der Waals surface area contributed by atoms with Crippen LogP contribution in [0.5, 0.6) is 0 Å². The van der Waals surface area contributed by atoms with Crippen LogP contribution in [0.3, 0.4) is 0 Å². The highest BCUT2D eigenvalue weighted by Crippen LogP contribution is 2.02. The molecule has 0 aromatic rings. The van der Waals surface area contributed by atoms with Gasteiger partial charge in [-0.15, -0.1) is 13.2 Å². The average Bonchev–Trinajstić information content (AvgIpc) is 1.84. The topological polar surface area (TPSA) is 20.2 Å². The first kappa shape index (κ1) is 7.44. The number of hydrogen-bond acceptors (Lipinski definition) is 1. The van der Waals surface area contributed by atoms with Crippen LogP contribution in [0, 0.1) is 5.92 Å². The van der Waals surface area contributed by atoms with E-state index in [-0.39, 0.29) is 5.92 Å². The normalized spacial score (nSPS) is 16.8. The maximum Gasteiger partial charge on any atom is 0.0778 e. The minimum atomic E-state index is -0.438. The van der Waals surface area contributed by atoms with Crippen molar-refractivity contribution in [2.45, 2.75) is 13.0 Å². The van der Waals surface area contributed by atoms with Gasteiger partial charge in [0.2, 0.25) is 0 Å². The van der Waals surface area contributed by atoms with Gasteiger partial charge in [-0.05, 0) is 0 Å². The molecule has 0 aliphatic rings. The Hall–Kier alpha value is -0.560. The van der Waals surface area contributed by atoms with Gasteiger partial charge in [0.15, 0.2) is 0 Å². The van der Waals surface area contributed by atoms with Crippen molar-refractivity contribution >= 4 is 0 Å². The SMILES string of the molecule is C=C[C@@H](O)[C@@H](C)C=C. The van der Waals surface area contributed by atoms with Crippen molar-refractivity contribution < 1.29 is 5.11 Å². The monoisotopic (exact) mass is 112 g/mol. The van der Waals surface area contributed by atoms with E-state index in [4.69, 9.17) is 5.11 Å². The van der Waals surface area contributed by atoms with E-state index in [0.29, 0.717) is 0 Å². The van der Waals surface area contributed by atoms with Crippen molar-refractivity contribution in [2.24, 2.45) is 5.92 Å². The molecule has 0 aliphatic carbocycles. The van der Waals surface area contributed by atoms with Crippen LogP contribution in [0.25, 0.3) is 0 Å². The molecule has 1 heteroatoms. The first-order valence-corrected chi connectivity index (χ1v) is 2.65. The van der Waals surface area contributed by atoms with Crippen LogP contribution in [-0.2, 0) is 0 Å². The summed E-state index contributed by atoms with van der Waals surface area (Å²) in [6.07, 6.45) is 2.77. The minimum Gasteiger partial charge on any atom is -0.388 e. The van der Waals surface area contributed by atoms with Crippen LogP contribution in [0.15, 0.2) is 25.3 Å². The van der Waals surface area contributed by atoms with Crippen molar-refractivity contribution in [3.8, 4) is 0 Å². The van der Waals surface area contributed by atoms with Crippen LogP contribution in [0.4, 0.5) is 0 Å². The second-order valence-electron chi connectivity index (χ2n) is 1.82. The lowest BCUT2D eigenvalue weighted by Gasteiger charge is -2.07. The zero-order valence-corrected chi connectivity index (χ0v) is 5.17. The molecule has 1 N–H and O–H groups in total. The second kappa shape index (κ2) is 3.44. The summed E-state index contributed by atoms with van der Waals surface area (Å²) >= 11 is 0. The fraction of sp³-hybridized carbons (Fsp3) is 0.429. The van der Waals surface area contributed by atoms with Crippen LogP contribution in [0.2, 0.25) is 0 Å². The van der Waals surface area contributed by atoms with Gasteiger partial charge < -0.3 is 5.11 Å². The van der Waals surface area contributed by atoms with Crippen molar-refractivity contribution in [3.63, 3.8) is 0 Å². The standard InChI is InChI=1S/C7H12O/c1-4-6(3)7(8)5-2/h4-8H,1-2H2,3H3/t6-,7+/m0/s1. The van der Waals surface area contributed by atoms with E-state index in [1.807, 2.05) is 6.92 Å². The van der Waals surface area contributed by atoms with Gasteiger partial charge in [0.25, 0.3) is 0 Å². The molecule has 8 heavy (non-hydrogen) atoms. The quantitative estimate of drug-likeness (QED) is 0.546. The van der Waals surface area contributed by atoms with Gasteiger partial charge in [0, 0.05) is 5.92 Å². The van der Waals surface area contributed by atoms with Crippen LogP contribution < -0.4 is 0 Å². The predicted octanol–water partition coefficient (Wildman–Crippen LogP) is 1.36. The summed E-state index contributed by atoms with van der Waals surface area (Å²) in [6, 6.07) is 0. The largest absolute Gasteiger partial charge is 0.388 e. The number of hydrogen-bond donors (Lipinski definition) is 1. The van der Waals surface area contributed by atoms with Crippen molar-refractivity contribution in [1.29, 1.82) is 0 Å². The minimum absolute atomic E-state index is 0.118. The Morgan fingerprint density at radius 1 is 1.38 bits per heavy atom. The molecule has 0 rings (SSSR count). The highest BCUT2D eigenvalue weighted by Gasteiger charge is 2.03. The molecular formula is C7H12O. The fourth-order valence-electron chi connectivity index (χ4n) is 0.354. The molecule has 0 aliphatic heterocycles. The van der Waals surface area contributed by atoms with Gasteiger partial charge in [0.1, 0.15) is 0 Å². The molecule has 0 unspecified atom stereocenters. The van der Waals surface area contributed by atoms with E-state index in [9.17, 15) is 0 Å². The van der Waals surface area contributed by atoms with Crippen LogP contribution >= 0.6 is 0 Å². The first-order chi connectivity index (χ1) is 3.72. The van der Waals surface area contributed by atoms with E-state index in [0.717, 1.165) is 0 Å². The first-order valence-electron chi connectivity index (χ1n) is 2.65. The third-order valence-electron chi connectivity index (χ3n) is 1.15. The summed E-state index contributed by atoms with van der Waals surface area (Å²) in [4.78, 5) is 0. The number of rotatable bonds is 3. The Morgan fingerprint density at radius 2 is 1.88 bits per heavy atom. The van der Waals surface area contributed by atoms with E-state index in [1.54, 1.807) is 6.08 Å². The van der Waals surface area contributed by atoms with Crippen molar-refractivity contribution in [2.75, 3.05) is 0 Å². The van der Waals surface area contributed by atoms with E-state index in [1.165, 1.54) is 6.08 Å². The van der Waals surface area contributed by atoms with Crippen LogP contribution in [0.1, 0.15) is 6.92 Å². The smallest absolute Gasteiger partial charge is 0.0778 e. The maximum atomic E-state index is 8.94. The summed E-state index contributed by atoms with van der Waals surface area (Å²) in [5.41, 5.74) is 0. The summed E-state index contributed by atoms with van der Waals surface area (Å²) in [7, 11) is 0. The second-order valence-corrected chi connectivity index (χ2v) is 1.82. The molecule has 0 amide bonds. The molecule has 0 aromatic carbocycles. The molecule has 0 spiro atoms. The molecule has 0 fully saturated rings. The summed E-state index contributed by atoms with van der Waals surface area (Å²) in [5.74, 6) is 0.118. The summed E-state index contributed by atoms with van der Waals surface area (Å²) in [5, 5.41) is 8.94. The Kier molecular flexibility index (Phi) is 3.20. The lowest BCUT2D eigenvalue weighted by atomic mass is 10.1. The fourth-order valence-corrected chi connectivity index (χ4v) is 0.354. The average molecular weight is 112 g/mol. The predicted molar refractivity (Wildman–Crippen MR) is 35.6 cm³/mol. The van der Waals surface area contributed by atoms with E-state index >= 15 is 0 Å². The van der Waals surface area contributed by atoms with Gasteiger partial charge in [-0.3, -0.25) is 0 Å². The molecule has 0 saturated carbocycles. The number of aliphatic hydroxyl groups excluding tert-OH is 1. The highest BCUT2D eigenvalue weighted by molar-refractivity contribution is 4.90. The van der Waals surface area contributed by atoms with Gasteiger partial charge >= 0.3 is 0 Å². The molecule has 46 valence electrons. The molecule has 0 radical (unpaired) electrons. The Morgan fingerprint density at radius 3 is 2.00 bits per heavy atom. The molecule has 0 aromatic heterocycles. The van der Waals surface area contributed by atoms with Gasteiger partial charge in [0.05, 0.1) is 6.10 Å². The van der Waals surface area contributed by atoms with Gasteiger partial charge in [-0.1, -0.05) is 19.1 Å². The molecule has 0 heterocycles. The summed E-state index contributed by atoms with van der Waals surface area (Å²) < 4.78 is 0. The Bertz CT molecular complexity index is 74.4. The zero-order chi connectivity index (χ0) is 6.57. The lowest BCUT2D eigenvalue weighted by Crippen LogP contribution is -2.10. The molecule has 0 saturated heterocycles. The highest BCUT2D eigenvalue weighted by atomic mass is 16.3. The lowest BCUT2D eigenvalue weighted by molar-refractivity contribution is 0.186. The Balaban J connectivity index is 3.60. The molecular weight excluding hydrogens is 100 g/mol. The summed E-state index contributed by atoms with van der Waals surface area (Å²) in [6.45, 7) is 8.84. The number of aliphatic hydroxyl groups is 1. The van der Waals surface area contributed by atoms with Gasteiger partial charge in [-0.2, -0.15) is 0 Å². The van der Waals surface area contributed by atoms with E-state index < -0.39 is 6.10 Å². The third-order valence-corrected chi connectivity index (χ3v) is 1.15. The molecule has 2 atom stereocenters.